The van der Waals surface area contributed by atoms with Gasteiger partial charge < -0.3 is 9.55 Å². The summed E-state index contributed by atoms with van der Waals surface area (Å²) in [7, 11) is -0.926. The van der Waals surface area contributed by atoms with E-state index >= 15 is 0 Å². The molecule has 0 amide bonds. The van der Waals surface area contributed by atoms with Crippen molar-refractivity contribution in [3.8, 4) is 0 Å². The molecule has 1 N–H and O–H groups in total. The van der Waals surface area contributed by atoms with Crippen molar-refractivity contribution in [2.24, 2.45) is 0 Å². The first-order valence-corrected chi connectivity index (χ1v) is 7.23. The van der Waals surface area contributed by atoms with E-state index in [1.54, 1.807) is 23.0 Å². The summed E-state index contributed by atoms with van der Waals surface area (Å²) in [4.78, 5) is 2.84. The second kappa shape index (κ2) is 4.70. The lowest BCUT2D eigenvalue weighted by molar-refractivity contribution is 0.637. The Balaban J connectivity index is 2.54. The third kappa shape index (κ3) is 2.32. The highest BCUT2D eigenvalue weighted by Crippen LogP contribution is 2.18. The lowest BCUT2D eigenvalue weighted by Gasteiger charge is -2.10. The molecule has 0 saturated heterocycles. The first-order chi connectivity index (χ1) is 8.00. The Labute approximate surface area is 106 Å². The number of aromatic amines is 1. The minimum absolute atomic E-state index is 0.0241. The first-order valence-electron chi connectivity index (χ1n) is 5.20. The molecule has 2 rings (SSSR count). The van der Waals surface area contributed by atoms with Gasteiger partial charge in [0.15, 0.2) is 4.77 Å². The number of para-hydroxylation sites is 1. The van der Waals surface area contributed by atoms with Crippen molar-refractivity contribution in [1.29, 1.82) is 0 Å². The Kier molecular flexibility index (Phi) is 3.44. The lowest BCUT2D eigenvalue weighted by Crippen LogP contribution is -2.17. The molecular weight excluding hydrogens is 259 g/mol. The highest BCUT2D eigenvalue weighted by Gasteiger charge is 2.12. The van der Waals surface area contributed by atoms with Gasteiger partial charge in [0.2, 0.25) is 0 Å². The van der Waals surface area contributed by atoms with E-state index in [-0.39, 0.29) is 11.1 Å². The van der Waals surface area contributed by atoms with Gasteiger partial charge in [-0.05, 0) is 31.3 Å². The zero-order valence-electron chi connectivity index (χ0n) is 9.57. The molecule has 0 fully saturated rings. The molecule has 2 atom stereocenters. The lowest BCUT2D eigenvalue weighted by atomic mass is 10.3. The third-order valence-electron chi connectivity index (χ3n) is 2.77. The van der Waals surface area contributed by atoms with Gasteiger partial charge in [-0.2, -0.15) is 0 Å². The summed E-state index contributed by atoms with van der Waals surface area (Å²) in [5, 5.41) is -0.0241. The van der Waals surface area contributed by atoms with Crippen LogP contribution in [0.4, 0.5) is 4.39 Å². The van der Waals surface area contributed by atoms with E-state index in [4.69, 9.17) is 12.2 Å². The predicted octanol–water partition coefficient (Wildman–Crippen LogP) is 2.60. The number of fused-ring (bicyclic) bond motifs is 1. The molecule has 0 saturated carbocycles. The number of rotatable bonds is 3. The summed E-state index contributed by atoms with van der Waals surface area (Å²) in [6, 6.07) is 4.83. The quantitative estimate of drug-likeness (QED) is 0.872. The van der Waals surface area contributed by atoms with Gasteiger partial charge >= 0.3 is 0 Å². The Morgan fingerprint density at radius 2 is 2.29 bits per heavy atom. The van der Waals surface area contributed by atoms with Crippen LogP contribution in [-0.4, -0.2) is 25.3 Å². The minimum Gasteiger partial charge on any atom is -0.328 e. The number of aromatic nitrogens is 2. The van der Waals surface area contributed by atoms with Crippen LogP contribution < -0.4 is 0 Å². The van der Waals surface area contributed by atoms with Gasteiger partial charge in [0.25, 0.3) is 0 Å². The molecule has 3 nitrogen and oxygen atoms in total. The number of benzene rings is 1. The van der Waals surface area contributed by atoms with Gasteiger partial charge in [0, 0.05) is 28.9 Å². The largest absolute Gasteiger partial charge is 0.328 e. The summed E-state index contributed by atoms with van der Waals surface area (Å²) in [6.07, 6.45) is 1.66. The van der Waals surface area contributed by atoms with E-state index in [0.29, 0.717) is 22.3 Å². The van der Waals surface area contributed by atoms with Gasteiger partial charge in [-0.25, -0.2) is 4.39 Å². The highest BCUT2D eigenvalue weighted by molar-refractivity contribution is 7.84. The molecule has 92 valence electrons. The van der Waals surface area contributed by atoms with Gasteiger partial charge in [0.05, 0.1) is 5.52 Å². The fourth-order valence-corrected chi connectivity index (χ4v) is 2.32. The van der Waals surface area contributed by atoms with E-state index in [1.807, 2.05) is 6.92 Å². The Morgan fingerprint density at radius 3 is 2.94 bits per heavy atom. The van der Waals surface area contributed by atoms with E-state index in [2.05, 4.69) is 4.98 Å². The summed E-state index contributed by atoms with van der Waals surface area (Å²) in [5.74, 6) is -0.322. The summed E-state index contributed by atoms with van der Waals surface area (Å²) < 4.78 is 27.1. The highest BCUT2D eigenvalue weighted by atomic mass is 32.2. The molecule has 0 aliphatic heterocycles. The monoisotopic (exact) mass is 272 g/mol. The van der Waals surface area contributed by atoms with Gasteiger partial charge in [-0.1, -0.05) is 6.07 Å². The van der Waals surface area contributed by atoms with Crippen LogP contribution in [0.1, 0.15) is 6.92 Å². The van der Waals surface area contributed by atoms with Crippen LogP contribution in [0.5, 0.6) is 0 Å². The van der Waals surface area contributed by atoms with Crippen LogP contribution in [-0.2, 0) is 17.3 Å². The molecule has 0 aliphatic carbocycles. The average molecular weight is 272 g/mol. The predicted molar refractivity (Wildman–Crippen MR) is 70.6 cm³/mol. The van der Waals surface area contributed by atoms with Crippen molar-refractivity contribution in [1.82, 2.24) is 9.55 Å². The molecule has 0 aliphatic rings. The number of halogens is 1. The van der Waals surface area contributed by atoms with Crippen LogP contribution in [0.15, 0.2) is 18.2 Å². The number of imidazole rings is 1. The molecule has 2 unspecified atom stereocenters. The molecule has 1 aromatic heterocycles. The van der Waals surface area contributed by atoms with E-state index < -0.39 is 10.8 Å². The molecule has 1 aromatic carbocycles. The van der Waals surface area contributed by atoms with Crippen LogP contribution >= 0.6 is 12.2 Å². The average Bonchev–Trinajstić information content (AvgIpc) is 2.58. The van der Waals surface area contributed by atoms with Gasteiger partial charge in [-0.15, -0.1) is 0 Å². The zero-order valence-corrected chi connectivity index (χ0v) is 11.2. The van der Waals surface area contributed by atoms with Crippen molar-refractivity contribution in [3.05, 3.63) is 28.8 Å². The third-order valence-corrected chi connectivity index (χ3v) is 4.37. The van der Waals surface area contributed by atoms with Crippen molar-refractivity contribution in [3.63, 3.8) is 0 Å². The molecular formula is C11H13FN2OS2. The SMILES string of the molecule is CC(Cn1c(=S)[nH]c2c(F)cccc21)S(C)=O. The standard InChI is InChI=1S/C11H13FN2OS2/c1-7(17(2)15)6-14-9-5-3-4-8(12)10(9)13-11(14)16/h3-5,7H,6H2,1-2H3,(H,13,16). The number of hydrogen-bond acceptors (Lipinski definition) is 2. The summed E-state index contributed by atoms with van der Waals surface area (Å²) in [6.45, 7) is 2.40. The van der Waals surface area contributed by atoms with E-state index in [1.165, 1.54) is 6.07 Å². The van der Waals surface area contributed by atoms with Crippen LogP contribution in [0, 0.1) is 10.6 Å². The fourth-order valence-electron chi connectivity index (χ4n) is 1.69. The minimum atomic E-state index is -0.926. The normalized spacial score (nSPS) is 15.0. The zero-order chi connectivity index (χ0) is 12.6. The summed E-state index contributed by atoms with van der Waals surface area (Å²) in [5.41, 5.74) is 1.12. The molecule has 0 radical (unpaired) electrons. The van der Waals surface area contributed by atoms with Crippen LogP contribution in [0.3, 0.4) is 0 Å². The molecule has 17 heavy (non-hydrogen) atoms. The number of nitrogens with one attached hydrogen (secondary N) is 1. The second-order valence-electron chi connectivity index (χ2n) is 3.98. The van der Waals surface area contributed by atoms with Crippen LogP contribution in [0.25, 0.3) is 11.0 Å². The maximum atomic E-state index is 13.5. The van der Waals surface area contributed by atoms with Crippen molar-refractivity contribution in [2.45, 2.75) is 18.7 Å². The van der Waals surface area contributed by atoms with Crippen molar-refractivity contribution >= 4 is 34.1 Å². The van der Waals surface area contributed by atoms with E-state index in [0.717, 1.165) is 0 Å². The Bertz CT molecular complexity index is 632. The molecule has 1 heterocycles. The number of nitrogens with zero attached hydrogens (tertiary/aromatic N) is 1. The Hall–Kier alpha value is -1.01. The fraction of sp³-hybridized carbons (Fsp3) is 0.364. The molecule has 6 heteroatoms. The number of hydrogen-bond donors (Lipinski definition) is 1. The van der Waals surface area contributed by atoms with Crippen molar-refractivity contribution < 1.29 is 8.60 Å². The molecule has 2 aromatic rings. The maximum Gasteiger partial charge on any atom is 0.178 e. The maximum absolute atomic E-state index is 13.5. The molecule has 0 bridgehead atoms. The molecule has 0 spiro atoms. The second-order valence-corrected chi connectivity index (χ2v) is 6.17. The summed E-state index contributed by atoms with van der Waals surface area (Å²) >= 11 is 5.16. The smallest absolute Gasteiger partial charge is 0.178 e. The van der Waals surface area contributed by atoms with Gasteiger partial charge in [0.1, 0.15) is 11.3 Å². The number of H-pyrrole nitrogens is 1. The van der Waals surface area contributed by atoms with Crippen molar-refractivity contribution in [2.75, 3.05) is 6.26 Å². The topological polar surface area (TPSA) is 37.8 Å². The Morgan fingerprint density at radius 1 is 1.59 bits per heavy atom. The van der Waals surface area contributed by atoms with Gasteiger partial charge in [-0.3, -0.25) is 4.21 Å². The van der Waals surface area contributed by atoms with E-state index in [9.17, 15) is 8.60 Å². The first kappa shape index (κ1) is 12.4. The van der Waals surface area contributed by atoms with Crippen LogP contribution in [0.2, 0.25) is 0 Å².